The highest BCUT2D eigenvalue weighted by molar-refractivity contribution is 5.81. The van der Waals surface area contributed by atoms with E-state index in [1.807, 2.05) is 31.2 Å². The second kappa shape index (κ2) is 5.34. The molecule has 1 amide bonds. The van der Waals surface area contributed by atoms with Crippen molar-refractivity contribution >= 4 is 22.9 Å². The third-order valence-corrected chi connectivity index (χ3v) is 2.38. The Bertz CT molecular complexity index is 473. The van der Waals surface area contributed by atoms with Gasteiger partial charge in [-0.1, -0.05) is 19.1 Å². The number of anilines is 1. The van der Waals surface area contributed by atoms with Crippen LogP contribution in [0.1, 0.15) is 13.3 Å². The molecule has 1 heterocycles. The molecule has 2 aromatic rings. The predicted octanol–water partition coefficient (Wildman–Crippen LogP) is 1.50. The van der Waals surface area contributed by atoms with Crippen molar-refractivity contribution < 1.29 is 4.79 Å². The first kappa shape index (κ1) is 11.4. The average molecular weight is 232 g/mol. The molecule has 0 saturated carbocycles. The molecule has 0 aliphatic rings. The van der Waals surface area contributed by atoms with E-state index in [2.05, 4.69) is 20.6 Å². The number of aromatic nitrogens is 2. The van der Waals surface area contributed by atoms with Crippen LogP contribution in [0.25, 0.3) is 11.0 Å². The number of amides is 1. The Balaban J connectivity index is 1.92. The summed E-state index contributed by atoms with van der Waals surface area (Å²) in [6.45, 7) is 2.97. The summed E-state index contributed by atoms with van der Waals surface area (Å²) in [5.41, 5.74) is 1.85. The fraction of sp³-hybridized carbons (Fsp3) is 0.333. The molecular weight excluding hydrogens is 216 g/mol. The maximum atomic E-state index is 11.4. The summed E-state index contributed by atoms with van der Waals surface area (Å²) in [5.74, 6) is 0.602. The molecule has 0 spiro atoms. The summed E-state index contributed by atoms with van der Waals surface area (Å²) in [6, 6.07) is 7.75. The number of carbonyl (C=O) groups is 1. The monoisotopic (exact) mass is 232 g/mol. The molecule has 0 saturated heterocycles. The van der Waals surface area contributed by atoms with Crippen molar-refractivity contribution in [3.8, 4) is 0 Å². The number of carbonyl (C=O) groups excluding carboxylic acids is 1. The lowest BCUT2D eigenvalue weighted by Crippen LogP contribution is -2.30. The molecule has 3 N–H and O–H groups in total. The quantitative estimate of drug-likeness (QED) is 0.731. The number of H-pyrrole nitrogens is 1. The topological polar surface area (TPSA) is 69.8 Å². The van der Waals surface area contributed by atoms with Crippen LogP contribution in [0.15, 0.2) is 24.3 Å². The van der Waals surface area contributed by atoms with Crippen LogP contribution in [-0.2, 0) is 4.79 Å². The van der Waals surface area contributed by atoms with Crippen molar-refractivity contribution in [1.82, 2.24) is 15.3 Å². The van der Waals surface area contributed by atoms with Crippen LogP contribution in [0.5, 0.6) is 0 Å². The van der Waals surface area contributed by atoms with Crippen molar-refractivity contribution in [3.05, 3.63) is 24.3 Å². The van der Waals surface area contributed by atoms with Gasteiger partial charge in [-0.15, -0.1) is 0 Å². The normalized spacial score (nSPS) is 10.4. The van der Waals surface area contributed by atoms with Crippen LogP contribution in [0, 0.1) is 0 Å². The second-order valence-corrected chi connectivity index (χ2v) is 3.81. The Morgan fingerprint density at radius 3 is 3.00 bits per heavy atom. The van der Waals surface area contributed by atoms with Crippen LogP contribution < -0.4 is 10.6 Å². The van der Waals surface area contributed by atoms with Gasteiger partial charge < -0.3 is 15.6 Å². The van der Waals surface area contributed by atoms with E-state index in [-0.39, 0.29) is 12.5 Å². The Labute approximate surface area is 99.6 Å². The SMILES string of the molecule is CCCNC(=O)CNc1nc2ccccc2[nH]1. The van der Waals surface area contributed by atoms with Gasteiger partial charge in [0.1, 0.15) is 0 Å². The molecule has 1 aromatic heterocycles. The highest BCUT2D eigenvalue weighted by atomic mass is 16.1. The first-order valence-corrected chi connectivity index (χ1v) is 5.75. The number of rotatable bonds is 5. The number of para-hydroxylation sites is 2. The van der Waals surface area contributed by atoms with Gasteiger partial charge in [0.25, 0.3) is 0 Å². The zero-order valence-electron chi connectivity index (χ0n) is 9.79. The van der Waals surface area contributed by atoms with E-state index in [1.165, 1.54) is 0 Å². The summed E-state index contributed by atoms with van der Waals surface area (Å²) in [5, 5.41) is 5.76. The number of imidazole rings is 1. The molecule has 0 atom stereocenters. The van der Waals surface area contributed by atoms with E-state index in [0.29, 0.717) is 12.5 Å². The summed E-state index contributed by atoms with van der Waals surface area (Å²) in [7, 11) is 0. The Morgan fingerprint density at radius 1 is 1.41 bits per heavy atom. The second-order valence-electron chi connectivity index (χ2n) is 3.81. The molecule has 0 radical (unpaired) electrons. The van der Waals surface area contributed by atoms with E-state index in [9.17, 15) is 4.79 Å². The lowest BCUT2D eigenvalue weighted by Gasteiger charge is -2.03. The third-order valence-electron chi connectivity index (χ3n) is 2.38. The smallest absolute Gasteiger partial charge is 0.239 e. The maximum Gasteiger partial charge on any atom is 0.239 e. The molecule has 1 aromatic carbocycles. The van der Waals surface area contributed by atoms with Gasteiger partial charge in [0.2, 0.25) is 11.9 Å². The summed E-state index contributed by atoms with van der Waals surface area (Å²) in [4.78, 5) is 18.8. The molecule has 5 heteroatoms. The van der Waals surface area contributed by atoms with E-state index in [1.54, 1.807) is 0 Å². The molecule has 0 aliphatic carbocycles. The Kier molecular flexibility index (Phi) is 3.59. The van der Waals surface area contributed by atoms with E-state index >= 15 is 0 Å². The number of hydrogen-bond acceptors (Lipinski definition) is 3. The number of nitrogens with zero attached hydrogens (tertiary/aromatic N) is 1. The van der Waals surface area contributed by atoms with Crippen molar-refractivity contribution in [3.63, 3.8) is 0 Å². The lowest BCUT2D eigenvalue weighted by atomic mass is 10.3. The molecule has 2 rings (SSSR count). The molecule has 17 heavy (non-hydrogen) atoms. The van der Waals surface area contributed by atoms with Crippen molar-refractivity contribution in [2.24, 2.45) is 0 Å². The number of fused-ring (bicyclic) bond motifs is 1. The lowest BCUT2D eigenvalue weighted by molar-refractivity contribution is -0.119. The first-order valence-electron chi connectivity index (χ1n) is 5.75. The van der Waals surface area contributed by atoms with Gasteiger partial charge in [0, 0.05) is 6.54 Å². The summed E-state index contributed by atoms with van der Waals surface area (Å²) in [6.07, 6.45) is 0.941. The maximum absolute atomic E-state index is 11.4. The number of aromatic amines is 1. The standard InChI is InChI=1S/C12H16N4O/c1-2-7-13-11(17)8-14-12-15-9-5-3-4-6-10(9)16-12/h3-6H,2,7-8H2,1H3,(H,13,17)(H2,14,15,16). The van der Waals surface area contributed by atoms with Gasteiger partial charge in [-0.3, -0.25) is 4.79 Å². The van der Waals surface area contributed by atoms with Gasteiger partial charge in [-0.2, -0.15) is 0 Å². The number of hydrogen-bond donors (Lipinski definition) is 3. The zero-order chi connectivity index (χ0) is 12.1. The predicted molar refractivity (Wildman–Crippen MR) is 67.9 cm³/mol. The zero-order valence-corrected chi connectivity index (χ0v) is 9.79. The minimum absolute atomic E-state index is 0.0210. The third kappa shape index (κ3) is 2.96. The van der Waals surface area contributed by atoms with Crippen LogP contribution in [0.2, 0.25) is 0 Å². The molecule has 0 unspecified atom stereocenters. The molecule has 90 valence electrons. The fourth-order valence-electron chi connectivity index (χ4n) is 1.53. The van der Waals surface area contributed by atoms with Crippen LogP contribution in [-0.4, -0.2) is 29.0 Å². The highest BCUT2D eigenvalue weighted by Gasteiger charge is 2.03. The average Bonchev–Trinajstić information content (AvgIpc) is 2.76. The highest BCUT2D eigenvalue weighted by Crippen LogP contribution is 2.12. The summed E-state index contributed by atoms with van der Waals surface area (Å²) >= 11 is 0. The number of benzene rings is 1. The number of nitrogens with one attached hydrogen (secondary N) is 3. The molecule has 0 aliphatic heterocycles. The van der Waals surface area contributed by atoms with Crippen LogP contribution >= 0.6 is 0 Å². The van der Waals surface area contributed by atoms with Crippen LogP contribution in [0.3, 0.4) is 0 Å². The Hall–Kier alpha value is -2.04. The summed E-state index contributed by atoms with van der Waals surface area (Å²) < 4.78 is 0. The molecule has 0 fully saturated rings. The Morgan fingerprint density at radius 2 is 2.24 bits per heavy atom. The van der Waals surface area contributed by atoms with Gasteiger partial charge >= 0.3 is 0 Å². The molecular formula is C12H16N4O. The van der Waals surface area contributed by atoms with Crippen molar-refractivity contribution in [2.45, 2.75) is 13.3 Å². The first-order chi connectivity index (χ1) is 8.29. The minimum Gasteiger partial charge on any atom is -0.355 e. The van der Waals surface area contributed by atoms with Crippen LogP contribution in [0.4, 0.5) is 5.95 Å². The van der Waals surface area contributed by atoms with Crippen molar-refractivity contribution in [1.29, 1.82) is 0 Å². The van der Waals surface area contributed by atoms with Crippen molar-refractivity contribution in [2.75, 3.05) is 18.4 Å². The largest absolute Gasteiger partial charge is 0.355 e. The van der Waals surface area contributed by atoms with E-state index in [4.69, 9.17) is 0 Å². The van der Waals surface area contributed by atoms with Gasteiger partial charge in [-0.25, -0.2) is 4.98 Å². The fourth-order valence-corrected chi connectivity index (χ4v) is 1.53. The van der Waals surface area contributed by atoms with E-state index in [0.717, 1.165) is 17.5 Å². The minimum atomic E-state index is -0.0210. The van der Waals surface area contributed by atoms with Gasteiger partial charge in [0.05, 0.1) is 17.6 Å². The molecule has 5 nitrogen and oxygen atoms in total. The van der Waals surface area contributed by atoms with E-state index < -0.39 is 0 Å². The molecule has 0 bridgehead atoms. The van der Waals surface area contributed by atoms with Gasteiger partial charge in [0.15, 0.2) is 0 Å². The van der Waals surface area contributed by atoms with Gasteiger partial charge in [-0.05, 0) is 18.6 Å².